The SMILES string of the molecule is Cc1nccc(C(=O)CC2CCOC2)n1. The van der Waals surface area contributed by atoms with E-state index in [1.165, 1.54) is 0 Å². The minimum absolute atomic E-state index is 0.0935. The van der Waals surface area contributed by atoms with Gasteiger partial charge in [0, 0.05) is 25.8 Å². The van der Waals surface area contributed by atoms with E-state index in [9.17, 15) is 4.79 Å². The summed E-state index contributed by atoms with van der Waals surface area (Å²) in [5, 5.41) is 0. The third kappa shape index (κ3) is 2.59. The van der Waals surface area contributed by atoms with Gasteiger partial charge in [-0.25, -0.2) is 9.97 Å². The van der Waals surface area contributed by atoms with Crippen molar-refractivity contribution in [3.05, 3.63) is 23.8 Å². The van der Waals surface area contributed by atoms with Crippen molar-refractivity contribution in [3.63, 3.8) is 0 Å². The lowest BCUT2D eigenvalue weighted by Crippen LogP contribution is -2.11. The third-order valence-electron chi connectivity index (χ3n) is 2.56. The number of hydrogen-bond donors (Lipinski definition) is 0. The number of ketones is 1. The molecule has 0 saturated carbocycles. The number of Topliss-reactive ketones (excluding diaryl/α,β-unsaturated/α-hetero) is 1. The van der Waals surface area contributed by atoms with Crippen LogP contribution in [-0.4, -0.2) is 29.0 Å². The molecule has 15 heavy (non-hydrogen) atoms. The van der Waals surface area contributed by atoms with Crippen LogP contribution in [0.2, 0.25) is 0 Å². The lowest BCUT2D eigenvalue weighted by molar-refractivity contribution is 0.0947. The zero-order valence-corrected chi connectivity index (χ0v) is 8.77. The molecule has 1 aromatic heterocycles. The summed E-state index contributed by atoms with van der Waals surface area (Å²) in [5.74, 6) is 1.10. The van der Waals surface area contributed by atoms with Crippen molar-refractivity contribution in [1.82, 2.24) is 9.97 Å². The van der Waals surface area contributed by atoms with Gasteiger partial charge < -0.3 is 4.74 Å². The first-order chi connectivity index (χ1) is 7.25. The highest BCUT2D eigenvalue weighted by Crippen LogP contribution is 2.18. The zero-order chi connectivity index (χ0) is 10.7. The molecular weight excluding hydrogens is 192 g/mol. The quantitative estimate of drug-likeness (QED) is 0.701. The van der Waals surface area contributed by atoms with Crippen LogP contribution in [0.1, 0.15) is 29.2 Å². The molecule has 0 bridgehead atoms. The second kappa shape index (κ2) is 4.49. The van der Waals surface area contributed by atoms with Crippen LogP contribution < -0.4 is 0 Å². The molecule has 0 radical (unpaired) electrons. The smallest absolute Gasteiger partial charge is 0.181 e. The van der Waals surface area contributed by atoms with Gasteiger partial charge in [-0.05, 0) is 25.3 Å². The molecule has 0 aliphatic carbocycles. The van der Waals surface area contributed by atoms with Crippen LogP contribution in [0.15, 0.2) is 12.3 Å². The highest BCUT2D eigenvalue weighted by Gasteiger charge is 2.20. The lowest BCUT2D eigenvalue weighted by atomic mass is 10.0. The zero-order valence-electron chi connectivity index (χ0n) is 8.77. The lowest BCUT2D eigenvalue weighted by Gasteiger charge is -2.05. The van der Waals surface area contributed by atoms with Crippen LogP contribution in [0.25, 0.3) is 0 Å². The summed E-state index contributed by atoms with van der Waals surface area (Å²) < 4.78 is 5.23. The Balaban J connectivity index is 2.01. The first-order valence-corrected chi connectivity index (χ1v) is 5.16. The minimum Gasteiger partial charge on any atom is -0.381 e. The molecule has 1 fully saturated rings. The second-order valence-electron chi connectivity index (χ2n) is 3.85. The van der Waals surface area contributed by atoms with Crippen LogP contribution in [0, 0.1) is 12.8 Å². The van der Waals surface area contributed by atoms with Crippen molar-refractivity contribution in [2.24, 2.45) is 5.92 Å². The Hall–Kier alpha value is -1.29. The molecule has 1 atom stereocenters. The Kier molecular flexibility index (Phi) is 3.06. The van der Waals surface area contributed by atoms with Crippen LogP contribution in [0.4, 0.5) is 0 Å². The van der Waals surface area contributed by atoms with Gasteiger partial charge in [0.15, 0.2) is 5.78 Å². The molecule has 0 spiro atoms. The van der Waals surface area contributed by atoms with Crippen molar-refractivity contribution in [2.75, 3.05) is 13.2 Å². The minimum atomic E-state index is 0.0935. The molecule has 1 saturated heterocycles. The fourth-order valence-electron chi connectivity index (χ4n) is 1.72. The first-order valence-electron chi connectivity index (χ1n) is 5.16. The molecule has 1 unspecified atom stereocenters. The van der Waals surface area contributed by atoms with E-state index in [0.717, 1.165) is 13.0 Å². The normalized spacial score (nSPS) is 20.5. The maximum atomic E-state index is 11.8. The average Bonchev–Trinajstić information content (AvgIpc) is 2.70. The highest BCUT2D eigenvalue weighted by atomic mass is 16.5. The van der Waals surface area contributed by atoms with Gasteiger partial charge in [0.05, 0.1) is 0 Å². The van der Waals surface area contributed by atoms with Gasteiger partial charge in [-0.1, -0.05) is 0 Å². The van der Waals surface area contributed by atoms with Crippen LogP contribution in [-0.2, 0) is 4.74 Å². The Labute approximate surface area is 88.7 Å². The number of nitrogens with zero attached hydrogens (tertiary/aromatic N) is 2. The summed E-state index contributed by atoms with van der Waals surface area (Å²) in [6.45, 7) is 3.27. The number of aromatic nitrogens is 2. The van der Waals surface area contributed by atoms with Gasteiger partial charge in [0.25, 0.3) is 0 Å². The molecule has 0 aromatic carbocycles. The van der Waals surface area contributed by atoms with E-state index in [-0.39, 0.29) is 5.78 Å². The Morgan fingerprint density at radius 2 is 2.53 bits per heavy atom. The molecule has 80 valence electrons. The summed E-state index contributed by atoms with van der Waals surface area (Å²) in [6.07, 6.45) is 3.15. The number of aryl methyl sites for hydroxylation is 1. The van der Waals surface area contributed by atoms with Crippen molar-refractivity contribution in [3.8, 4) is 0 Å². The number of ether oxygens (including phenoxy) is 1. The Morgan fingerprint density at radius 3 is 3.20 bits per heavy atom. The van der Waals surface area contributed by atoms with E-state index in [4.69, 9.17) is 4.74 Å². The largest absolute Gasteiger partial charge is 0.381 e. The fourth-order valence-corrected chi connectivity index (χ4v) is 1.72. The molecular formula is C11H14N2O2. The third-order valence-corrected chi connectivity index (χ3v) is 2.56. The maximum Gasteiger partial charge on any atom is 0.181 e. The molecule has 1 aromatic rings. The summed E-state index contributed by atoms with van der Waals surface area (Å²) in [4.78, 5) is 19.9. The van der Waals surface area contributed by atoms with E-state index >= 15 is 0 Å². The number of carbonyl (C=O) groups is 1. The summed E-state index contributed by atoms with van der Waals surface area (Å²) >= 11 is 0. The highest BCUT2D eigenvalue weighted by molar-refractivity contribution is 5.94. The van der Waals surface area contributed by atoms with E-state index in [1.807, 2.05) is 0 Å². The van der Waals surface area contributed by atoms with Gasteiger partial charge in [-0.15, -0.1) is 0 Å². The predicted molar refractivity (Wildman–Crippen MR) is 54.6 cm³/mol. The predicted octanol–water partition coefficient (Wildman–Crippen LogP) is 1.39. The van der Waals surface area contributed by atoms with Gasteiger partial charge in [0.2, 0.25) is 0 Å². The summed E-state index contributed by atoms with van der Waals surface area (Å²) in [5.41, 5.74) is 0.523. The van der Waals surface area contributed by atoms with Crippen molar-refractivity contribution in [2.45, 2.75) is 19.8 Å². The van der Waals surface area contributed by atoms with Crippen molar-refractivity contribution >= 4 is 5.78 Å². The molecule has 0 amide bonds. The standard InChI is InChI=1S/C11H14N2O2/c1-8-12-4-2-10(13-8)11(14)6-9-3-5-15-7-9/h2,4,9H,3,5-7H2,1H3. The van der Waals surface area contributed by atoms with Gasteiger partial charge in [0.1, 0.15) is 11.5 Å². The topological polar surface area (TPSA) is 52.1 Å². The van der Waals surface area contributed by atoms with E-state index in [2.05, 4.69) is 9.97 Å². The maximum absolute atomic E-state index is 11.8. The second-order valence-corrected chi connectivity index (χ2v) is 3.85. The molecule has 2 heterocycles. The molecule has 4 heteroatoms. The Morgan fingerprint density at radius 1 is 1.67 bits per heavy atom. The molecule has 2 rings (SSSR count). The summed E-state index contributed by atoms with van der Waals surface area (Å²) in [7, 11) is 0. The monoisotopic (exact) mass is 206 g/mol. The molecule has 1 aliphatic heterocycles. The van der Waals surface area contributed by atoms with Crippen molar-refractivity contribution < 1.29 is 9.53 Å². The van der Waals surface area contributed by atoms with E-state index < -0.39 is 0 Å². The molecule has 0 N–H and O–H groups in total. The summed E-state index contributed by atoms with van der Waals surface area (Å²) in [6, 6.07) is 1.67. The molecule has 4 nitrogen and oxygen atoms in total. The van der Waals surface area contributed by atoms with Gasteiger partial charge in [-0.3, -0.25) is 4.79 Å². The number of hydrogen-bond acceptors (Lipinski definition) is 4. The van der Waals surface area contributed by atoms with E-state index in [1.54, 1.807) is 19.2 Å². The fraction of sp³-hybridized carbons (Fsp3) is 0.545. The van der Waals surface area contributed by atoms with Crippen LogP contribution in [0.3, 0.4) is 0 Å². The average molecular weight is 206 g/mol. The molecule has 1 aliphatic rings. The van der Waals surface area contributed by atoms with E-state index in [0.29, 0.717) is 30.5 Å². The van der Waals surface area contributed by atoms with Crippen LogP contribution in [0.5, 0.6) is 0 Å². The Bertz CT molecular complexity index is 359. The first kappa shape index (κ1) is 10.2. The van der Waals surface area contributed by atoms with Gasteiger partial charge in [-0.2, -0.15) is 0 Å². The van der Waals surface area contributed by atoms with Gasteiger partial charge >= 0.3 is 0 Å². The van der Waals surface area contributed by atoms with Crippen LogP contribution >= 0.6 is 0 Å². The van der Waals surface area contributed by atoms with Crippen molar-refractivity contribution in [1.29, 1.82) is 0 Å². The number of carbonyl (C=O) groups excluding carboxylic acids is 1. The number of rotatable bonds is 3.